The Balaban J connectivity index is 2.50. The van der Waals surface area contributed by atoms with E-state index in [-0.39, 0.29) is 0 Å². The lowest BCUT2D eigenvalue weighted by Crippen LogP contribution is -1.90. The lowest BCUT2D eigenvalue weighted by Gasteiger charge is -1.92. The third-order valence-electron chi connectivity index (χ3n) is 0.725. The average molecular weight is 111 g/mol. The van der Waals surface area contributed by atoms with Crippen molar-refractivity contribution in [2.24, 2.45) is 0 Å². The predicted octanol–water partition coefficient (Wildman–Crippen LogP) is 0.623. The lowest BCUT2D eigenvalue weighted by atomic mass is 10.7. The number of H-pyrrole nitrogens is 1. The van der Waals surface area contributed by atoms with E-state index in [1.54, 1.807) is 12.3 Å². The minimum absolute atomic E-state index is 0.421. The Hall–Kier alpha value is -0.990. The highest BCUT2D eigenvalue weighted by atomic mass is 16.5. The van der Waals surface area contributed by atoms with Crippen LogP contribution in [0.4, 0.5) is 0 Å². The van der Waals surface area contributed by atoms with Crippen LogP contribution in [-0.4, -0.2) is 16.8 Å². The topological polar surface area (TPSA) is 37.9 Å². The van der Waals surface area contributed by atoms with Gasteiger partial charge in [0.05, 0.1) is 6.61 Å². The lowest BCUT2D eigenvalue weighted by molar-refractivity contribution is 0.346. The van der Waals surface area contributed by atoms with Crippen LogP contribution in [0, 0.1) is 6.92 Å². The molecule has 0 amide bonds. The van der Waals surface area contributed by atoms with Crippen molar-refractivity contribution in [2.75, 3.05) is 6.61 Å². The first-order valence-electron chi connectivity index (χ1n) is 2.35. The number of aromatic amines is 1. The molecule has 0 atom stereocenters. The highest BCUT2D eigenvalue weighted by Gasteiger charge is 1.87. The Morgan fingerprint density at radius 2 is 2.75 bits per heavy atom. The number of nitrogens with zero attached hydrogens (tertiary/aromatic N) is 1. The van der Waals surface area contributed by atoms with Gasteiger partial charge in [0, 0.05) is 12.3 Å². The molecule has 43 valence electrons. The van der Waals surface area contributed by atoms with E-state index in [9.17, 15) is 0 Å². The SMILES string of the molecule is [CH2]COc1cc[nH]n1. The van der Waals surface area contributed by atoms with E-state index in [0.717, 1.165) is 0 Å². The van der Waals surface area contributed by atoms with Crippen molar-refractivity contribution in [3.05, 3.63) is 19.2 Å². The minimum atomic E-state index is 0.421. The highest BCUT2D eigenvalue weighted by molar-refractivity contribution is 5.03. The summed E-state index contributed by atoms with van der Waals surface area (Å²) in [5.41, 5.74) is 0. The van der Waals surface area contributed by atoms with Gasteiger partial charge in [-0.15, -0.1) is 5.10 Å². The van der Waals surface area contributed by atoms with Gasteiger partial charge in [0.25, 0.3) is 0 Å². The fourth-order valence-corrected chi connectivity index (χ4v) is 0.432. The van der Waals surface area contributed by atoms with E-state index in [1.807, 2.05) is 0 Å². The molecular weight excluding hydrogens is 104 g/mol. The summed E-state index contributed by atoms with van der Waals surface area (Å²) in [7, 11) is 0. The molecule has 0 aliphatic rings. The molecule has 0 aliphatic heterocycles. The summed E-state index contributed by atoms with van der Waals surface area (Å²) >= 11 is 0. The van der Waals surface area contributed by atoms with Crippen LogP contribution < -0.4 is 4.74 Å². The smallest absolute Gasteiger partial charge is 0.232 e. The summed E-state index contributed by atoms with van der Waals surface area (Å²) in [6, 6.07) is 1.74. The first kappa shape index (κ1) is 5.15. The Morgan fingerprint density at radius 1 is 1.88 bits per heavy atom. The summed E-state index contributed by atoms with van der Waals surface area (Å²) in [5.74, 6) is 0.597. The second kappa shape index (κ2) is 2.35. The van der Waals surface area contributed by atoms with Crippen molar-refractivity contribution in [2.45, 2.75) is 0 Å². The Morgan fingerprint density at radius 3 is 3.25 bits per heavy atom. The molecule has 0 aromatic carbocycles. The van der Waals surface area contributed by atoms with E-state index < -0.39 is 0 Å². The molecule has 0 saturated carbocycles. The highest BCUT2D eigenvalue weighted by Crippen LogP contribution is 1.99. The van der Waals surface area contributed by atoms with Crippen molar-refractivity contribution < 1.29 is 4.74 Å². The third kappa shape index (κ3) is 0.992. The van der Waals surface area contributed by atoms with Gasteiger partial charge in [-0.2, -0.15) is 0 Å². The molecule has 3 nitrogen and oxygen atoms in total. The molecule has 0 spiro atoms. The number of aromatic nitrogens is 2. The van der Waals surface area contributed by atoms with Gasteiger partial charge in [0.2, 0.25) is 5.88 Å². The van der Waals surface area contributed by atoms with E-state index in [2.05, 4.69) is 17.1 Å². The molecule has 1 heterocycles. The first-order valence-corrected chi connectivity index (χ1v) is 2.35. The molecule has 8 heavy (non-hydrogen) atoms. The van der Waals surface area contributed by atoms with Crippen LogP contribution in [0.2, 0.25) is 0 Å². The average Bonchev–Trinajstić information content (AvgIpc) is 2.19. The normalized spacial score (nSPS) is 9.12. The van der Waals surface area contributed by atoms with Gasteiger partial charge < -0.3 is 4.74 Å². The molecule has 0 bridgehead atoms. The molecule has 0 aliphatic carbocycles. The molecule has 1 rings (SSSR count). The number of ether oxygens (including phenoxy) is 1. The van der Waals surface area contributed by atoms with Gasteiger partial charge in [-0.3, -0.25) is 5.10 Å². The molecule has 1 radical (unpaired) electrons. The van der Waals surface area contributed by atoms with Crippen LogP contribution in [0.1, 0.15) is 0 Å². The van der Waals surface area contributed by atoms with Gasteiger partial charge in [0.1, 0.15) is 0 Å². The van der Waals surface area contributed by atoms with Crippen molar-refractivity contribution in [1.29, 1.82) is 0 Å². The van der Waals surface area contributed by atoms with Crippen LogP contribution >= 0.6 is 0 Å². The molecule has 1 N–H and O–H groups in total. The standard InChI is InChI=1S/C5H7N2O/c1-2-8-5-3-4-6-7-5/h3-4H,1-2H2,(H,6,7). The molecular formula is C5H7N2O. The first-order chi connectivity index (χ1) is 3.93. The zero-order valence-electron chi connectivity index (χ0n) is 4.42. The zero-order chi connectivity index (χ0) is 5.82. The van der Waals surface area contributed by atoms with Crippen molar-refractivity contribution in [3.8, 4) is 5.88 Å². The number of hydrogen-bond donors (Lipinski definition) is 1. The fourth-order valence-electron chi connectivity index (χ4n) is 0.432. The molecule has 0 fully saturated rings. The van der Waals surface area contributed by atoms with E-state index in [4.69, 9.17) is 4.74 Å². The van der Waals surface area contributed by atoms with Gasteiger partial charge in [0.15, 0.2) is 0 Å². The second-order valence-electron chi connectivity index (χ2n) is 1.26. The summed E-state index contributed by atoms with van der Waals surface area (Å²) < 4.78 is 4.89. The van der Waals surface area contributed by atoms with E-state index >= 15 is 0 Å². The van der Waals surface area contributed by atoms with Crippen LogP contribution in [0.25, 0.3) is 0 Å². The summed E-state index contributed by atoms with van der Waals surface area (Å²) in [6.07, 6.45) is 1.70. The fraction of sp³-hybridized carbons (Fsp3) is 0.200. The van der Waals surface area contributed by atoms with Crippen molar-refractivity contribution in [1.82, 2.24) is 10.2 Å². The Kier molecular flexibility index (Phi) is 1.51. The maximum absolute atomic E-state index is 4.89. The minimum Gasteiger partial charge on any atom is -0.477 e. The molecule has 3 heteroatoms. The quantitative estimate of drug-likeness (QED) is 0.607. The van der Waals surface area contributed by atoms with E-state index in [0.29, 0.717) is 12.5 Å². The van der Waals surface area contributed by atoms with Gasteiger partial charge in [-0.1, -0.05) is 0 Å². The maximum atomic E-state index is 4.89. The van der Waals surface area contributed by atoms with Crippen LogP contribution in [-0.2, 0) is 0 Å². The monoisotopic (exact) mass is 111 g/mol. The van der Waals surface area contributed by atoms with Gasteiger partial charge in [-0.05, 0) is 6.92 Å². The molecule has 1 aromatic rings. The van der Waals surface area contributed by atoms with Crippen molar-refractivity contribution in [3.63, 3.8) is 0 Å². The largest absolute Gasteiger partial charge is 0.477 e. The van der Waals surface area contributed by atoms with Crippen LogP contribution in [0.15, 0.2) is 12.3 Å². The molecule has 1 aromatic heterocycles. The second-order valence-corrected chi connectivity index (χ2v) is 1.26. The van der Waals surface area contributed by atoms with Crippen LogP contribution in [0.3, 0.4) is 0 Å². The summed E-state index contributed by atoms with van der Waals surface area (Å²) in [5, 5.41) is 6.33. The Labute approximate surface area is 47.7 Å². The molecule has 0 saturated heterocycles. The zero-order valence-corrected chi connectivity index (χ0v) is 4.42. The third-order valence-corrected chi connectivity index (χ3v) is 0.725. The van der Waals surface area contributed by atoms with Crippen LogP contribution in [0.5, 0.6) is 5.88 Å². The van der Waals surface area contributed by atoms with Crippen molar-refractivity contribution >= 4 is 0 Å². The number of nitrogens with one attached hydrogen (secondary N) is 1. The Bertz CT molecular complexity index is 136. The van der Waals surface area contributed by atoms with Gasteiger partial charge in [-0.25, -0.2) is 0 Å². The van der Waals surface area contributed by atoms with Gasteiger partial charge >= 0.3 is 0 Å². The van der Waals surface area contributed by atoms with E-state index in [1.165, 1.54) is 0 Å². The predicted molar refractivity (Wildman–Crippen MR) is 29.4 cm³/mol. The maximum Gasteiger partial charge on any atom is 0.232 e. The number of hydrogen-bond acceptors (Lipinski definition) is 2. The number of rotatable bonds is 2. The summed E-state index contributed by atoms with van der Waals surface area (Å²) in [6.45, 7) is 3.91. The molecule has 0 unspecified atom stereocenters. The summed E-state index contributed by atoms with van der Waals surface area (Å²) in [4.78, 5) is 0.